The first-order chi connectivity index (χ1) is 14.2. The van der Waals surface area contributed by atoms with Crippen molar-refractivity contribution in [2.24, 2.45) is 0 Å². The third-order valence-corrected chi connectivity index (χ3v) is 6.03. The van der Waals surface area contributed by atoms with E-state index in [1.165, 1.54) is 4.90 Å². The largest absolute Gasteiger partial charge is 0.484 e. The van der Waals surface area contributed by atoms with Crippen LogP contribution in [-0.4, -0.2) is 35.4 Å². The Kier molecular flexibility index (Phi) is 9.18. The summed E-state index contributed by atoms with van der Waals surface area (Å²) in [5.41, 5.74) is 1.86. The summed E-state index contributed by atoms with van der Waals surface area (Å²) in [5.74, 6) is 0.130. The predicted octanol–water partition coefficient (Wildman–Crippen LogP) is 5.12. The Morgan fingerprint density at radius 3 is 2.57 bits per heavy atom. The molecule has 0 saturated heterocycles. The van der Waals surface area contributed by atoms with Crippen LogP contribution in [0.2, 0.25) is 5.02 Å². The molecule has 30 heavy (non-hydrogen) atoms. The fraction of sp³-hybridized carbons (Fsp3) is 0.391. The fourth-order valence-electron chi connectivity index (χ4n) is 2.82. The van der Waals surface area contributed by atoms with E-state index in [0.29, 0.717) is 10.8 Å². The van der Waals surface area contributed by atoms with Gasteiger partial charge in [-0.2, -0.15) is 0 Å². The Hall–Kier alpha value is -2.05. The minimum Gasteiger partial charge on any atom is -0.484 e. The lowest BCUT2D eigenvalue weighted by Crippen LogP contribution is -2.50. The van der Waals surface area contributed by atoms with Crippen molar-refractivity contribution in [3.05, 3.63) is 63.1 Å². The van der Waals surface area contributed by atoms with Crippen LogP contribution in [0.3, 0.4) is 0 Å². The molecular formula is C23H28BrClN2O3. The zero-order valence-electron chi connectivity index (χ0n) is 17.7. The van der Waals surface area contributed by atoms with E-state index < -0.39 is 6.04 Å². The van der Waals surface area contributed by atoms with E-state index in [9.17, 15) is 9.59 Å². The fourth-order valence-corrected chi connectivity index (χ4v) is 3.27. The van der Waals surface area contributed by atoms with E-state index in [0.717, 1.165) is 22.0 Å². The van der Waals surface area contributed by atoms with Crippen molar-refractivity contribution in [2.45, 2.75) is 52.7 Å². The Morgan fingerprint density at radius 1 is 1.20 bits per heavy atom. The maximum Gasteiger partial charge on any atom is 0.261 e. The summed E-state index contributed by atoms with van der Waals surface area (Å²) in [7, 11) is 0. The molecule has 162 valence electrons. The molecule has 0 spiro atoms. The number of benzene rings is 2. The molecule has 0 bridgehead atoms. The van der Waals surface area contributed by atoms with Gasteiger partial charge < -0.3 is 15.0 Å². The van der Waals surface area contributed by atoms with Gasteiger partial charge in [0, 0.05) is 22.1 Å². The Labute approximate surface area is 191 Å². The van der Waals surface area contributed by atoms with Crippen molar-refractivity contribution in [3.8, 4) is 5.75 Å². The van der Waals surface area contributed by atoms with Crippen molar-refractivity contribution in [1.29, 1.82) is 0 Å². The van der Waals surface area contributed by atoms with Crippen LogP contribution < -0.4 is 10.1 Å². The number of hydrogen-bond acceptors (Lipinski definition) is 3. The summed E-state index contributed by atoms with van der Waals surface area (Å²) in [6, 6.07) is 12.2. The third kappa shape index (κ3) is 7.03. The number of nitrogens with one attached hydrogen (secondary N) is 1. The number of ether oxygens (including phenoxy) is 1. The topological polar surface area (TPSA) is 58.6 Å². The number of hydrogen-bond donors (Lipinski definition) is 1. The highest BCUT2D eigenvalue weighted by Crippen LogP contribution is 2.22. The molecular weight excluding hydrogens is 468 g/mol. The Morgan fingerprint density at radius 2 is 1.93 bits per heavy atom. The molecule has 2 atom stereocenters. The molecule has 2 rings (SSSR count). The van der Waals surface area contributed by atoms with E-state index in [4.69, 9.17) is 16.3 Å². The summed E-state index contributed by atoms with van der Waals surface area (Å²) in [4.78, 5) is 27.3. The SMILES string of the molecule is CC[C@H](C)NC(=O)[C@H](C)N(Cc1cccc(Cl)c1)C(=O)COc1ccc(Br)c(C)c1. The molecule has 0 aliphatic heterocycles. The average molecular weight is 496 g/mol. The summed E-state index contributed by atoms with van der Waals surface area (Å²) >= 11 is 9.55. The van der Waals surface area contributed by atoms with Crippen molar-refractivity contribution in [2.75, 3.05) is 6.61 Å². The zero-order chi connectivity index (χ0) is 22.3. The first-order valence-corrected chi connectivity index (χ1v) is 11.1. The number of nitrogens with zero attached hydrogens (tertiary/aromatic N) is 1. The molecule has 2 aromatic rings. The lowest BCUT2D eigenvalue weighted by atomic mass is 10.1. The molecule has 1 N–H and O–H groups in total. The van der Waals surface area contributed by atoms with Crippen LogP contribution in [0.25, 0.3) is 0 Å². The van der Waals surface area contributed by atoms with Gasteiger partial charge in [-0.1, -0.05) is 46.6 Å². The molecule has 0 unspecified atom stereocenters. The maximum absolute atomic E-state index is 13.0. The average Bonchev–Trinajstić information content (AvgIpc) is 2.72. The Balaban J connectivity index is 2.16. The second-order valence-corrected chi connectivity index (χ2v) is 8.64. The third-order valence-electron chi connectivity index (χ3n) is 4.90. The van der Waals surface area contributed by atoms with Gasteiger partial charge in [-0.3, -0.25) is 9.59 Å². The highest BCUT2D eigenvalue weighted by atomic mass is 79.9. The van der Waals surface area contributed by atoms with Crippen molar-refractivity contribution < 1.29 is 14.3 Å². The lowest BCUT2D eigenvalue weighted by molar-refractivity contribution is -0.142. The Bertz CT molecular complexity index is 891. The summed E-state index contributed by atoms with van der Waals surface area (Å²) in [6.45, 7) is 7.71. The van der Waals surface area contributed by atoms with E-state index >= 15 is 0 Å². The van der Waals surface area contributed by atoms with Gasteiger partial charge in [-0.05, 0) is 68.7 Å². The van der Waals surface area contributed by atoms with Gasteiger partial charge >= 0.3 is 0 Å². The van der Waals surface area contributed by atoms with E-state index in [1.807, 2.05) is 45.0 Å². The van der Waals surface area contributed by atoms with Crippen LogP contribution >= 0.6 is 27.5 Å². The summed E-state index contributed by atoms with van der Waals surface area (Å²) in [5, 5.41) is 3.53. The van der Waals surface area contributed by atoms with Crippen LogP contribution in [0, 0.1) is 6.92 Å². The highest BCUT2D eigenvalue weighted by Gasteiger charge is 2.27. The second kappa shape index (κ2) is 11.4. The standard InChI is InChI=1S/C23H28BrClN2O3/c1-5-16(3)26-23(29)17(4)27(13-18-7-6-8-19(25)12-18)22(28)14-30-20-9-10-21(24)15(2)11-20/h6-12,16-17H,5,13-14H2,1-4H3,(H,26,29)/t16-,17-/m0/s1. The molecule has 2 amide bonds. The molecule has 0 heterocycles. The molecule has 0 fully saturated rings. The lowest BCUT2D eigenvalue weighted by Gasteiger charge is -2.29. The van der Waals surface area contributed by atoms with Crippen molar-refractivity contribution in [1.82, 2.24) is 10.2 Å². The molecule has 0 aliphatic carbocycles. The van der Waals surface area contributed by atoms with Crippen LogP contribution in [-0.2, 0) is 16.1 Å². The van der Waals surface area contributed by atoms with Gasteiger partial charge in [0.1, 0.15) is 11.8 Å². The number of carbonyl (C=O) groups excluding carboxylic acids is 2. The minimum absolute atomic E-state index is 0.0325. The van der Waals surface area contributed by atoms with Gasteiger partial charge in [0.15, 0.2) is 6.61 Å². The number of carbonyl (C=O) groups is 2. The monoisotopic (exact) mass is 494 g/mol. The highest BCUT2D eigenvalue weighted by molar-refractivity contribution is 9.10. The van der Waals surface area contributed by atoms with Crippen LogP contribution in [0.1, 0.15) is 38.3 Å². The van der Waals surface area contributed by atoms with Crippen LogP contribution in [0.15, 0.2) is 46.9 Å². The second-order valence-electron chi connectivity index (χ2n) is 7.35. The van der Waals surface area contributed by atoms with Gasteiger partial charge in [0.25, 0.3) is 5.91 Å². The van der Waals surface area contributed by atoms with Gasteiger partial charge in [0.05, 0.1) is 0 Å². The van der Waals surface area contributed by atoms with Crippen molar-refractivity contribution in [3.63, 3.8) is 0 Å². The van der Waals surface area contributed by atoms with Crippen molar-refractivity contribution >= 4 is 39.3 Å². The first-order valence-electron chi connectivity index (χ1n) is 9.94. The quantitative estimate of drug-likeness (QED) is 0.525. The smallest absolute Gasteiger partial charge is 0.261 e. The predicted molar refractivity (Wildman–Crippen MR) is 124 cm³/mol. The van der Waals surface area contributed by atoms with Gasteiger partial charge in [0.2, 0.25) is 5.91 Å². The summed E-state index contributed by atoms with van der Waals surface area (Å²) in [6.07, 6.45) is 0.812. The zero-order valence-corrected chi connectivity index (χ0v) is 20.1. The van der Waals surface area contributed by atoms with Gasteiger partial charge in [-0.15, -0.1) is 0 Å². The number of aryl methyl sites for hydroxylation is 1. The molecule has 0 radical (unpaired) electrons. The molecule has 2 aromatic carbocycles. The van der Waals surface area contributed by atoms with E-state index in [-0.39, 0.29) is 31.0 Å². The normalized spacial score (nSPS) is 12.7. The number of amides is 2. The molecule has 0 aromatic heterocycles. The first kappa shape index (κ1) is 24.2. The minimum atomic E-state index is -0.652. The van der Waals surface area contributed by atoms with Crippen LogP contribution in [0.4, 0.5) is 0 Å². The number of rotatable bonds is 9. The molecule has 0 aliphatic rings. The number of halogens is 2. The van der Waals surface area contributed by atoms with E-state index in [1.54, 1.807) is 25.1 Å². The maximum atomic E-state index is 13.0. The molecule has 7 heteroatoms. The van der Waals surface area contributed by atoms with E-state index in [2.05, 4.69) is 21.2 Å². The van der Waals surface area contributed by atoms with Crippen LogP contribution in [0.5, 0.6) is 5.75 Å². The molecule has 5 nitrogen and oxygen atoms in total. The molecule has 0 saturated carbocycles. The summed E-state index contributed by atoms with van der Waals surface area (Å²) < 4.78 is 6.68. The van der Waals surface area contributed by atoms with Gasteiger partial charge in [-0.25, -0.2) is 0 Å².